The van der Waals surface area contributed by atoms with Crippen LogP contribution in [0.1, 0.15) is 32.4 Å². The summed E-state index contributed by atoms with van der Waals surface area (Å²) in [7, 11) is 0. The first-order valence-corrected chi connectivity index (χ1v) is 5.85. The van der Waals surface area contributed by atoms with Gasteiger partial charge in [0.2, 0.25) is 0 Å². The van der Waals surface area contributed by atoms with Crippen LogP contribution in [0.2, 0.25) is 0 Å². The molecule has 0 aliphatic rings. The van der Waals surface area contributed by atoms with Crippen molar-refractivity contribution in [3.63, 3.8) is 0 Å². The zero-order valence-corrected chi connectivity index (χ0v) is 11.2. The molecule has 0 heterocycles. The number of benzene rings is 1. The van der Waals surface area contributed by atoms with Gasteiger partial charge in [0.05, 0.1) is 12.3 Å². The number of rotatable bonds is 3. The number of aliphatic hydroxyl groups is 2. The van der Waals surface area contributed by atoms with Crippen LogP contribution < -0.4 is 5.32 Å². The molecule has 0 radical (unpaired) electrons. The largest absolute Gasteiger partial charge is 0.508 e. The summed E-state index contributed by atoms with van der Waals surface area (Å²) in [6.07, 6.45) is -1.87. The minimum Gasteiger partial charge on any atom is -0.508 e. The molecule has 0 saturated carbocycles. The van der Waals surface area contributed by atoms with E-state index in [-0.39, 0.29) is 17.0 Å². The van der Waals surface area contributed by atoms with Gasteiger partial charge in [0.15, 0.2) is 0 Å². The minimum absolute atomic E-state index is 0.0720. The van der Waals surface area contributed by atoms with Crippen molar-refractivity contribution < 1.29 is 24.9 Å². The summed E-state index contributed by atoms with van der Waals surface area (Å²) < 4.78 is 5.08. The van der Waals surface area contributed by atoms with Crippen molar-refractivity contribution >= 4 is 11.8 Å². The van der Waals surface area contributed by atoms with E-state index in [1.807, 2.05) is 0 Å². The molecule has 0 saturated heterocycles. The van der Waals surface area contributed by atoms with E-state index in [1.165, 1.54) is 18.2 Å². The standard InChI is InChI=1S/C13H19NO5/c1-13(2,3)19-12(18)14-10-5-4-8(16)6-9(10)11(17)7-15/h4-6,11,15-17H,7H2,1-3H3,(H,14,18). The van der Waals surface area contributed by atoms with Gasteiger partial charge in [-0.25, -0.2) is 4.79 Å². The van der Waals surface area contributed by atoms with E-state index >= 15 is 0 Å². The van der Waals surface area contributed by atoms with E-state index in [9.17, 15) is 15.0 Å². The number of phenolic OH excluding ortho intramolecular Hbond substituents is 1. The second-order valence-electron chi connectivity index (χ2n) is 5.10. The van der Waals surface area contributed by atoms with Gasteiger partial charge >= 0.3 is 6.09 Å². The molecule has 1 aromatic carbocycles. The normalized spacial score (nSPS) is 12.9. The van der Waals surface area contributed by atoms with Crippen molar-refractivity contribution in [1.29, 1.82) is 0 Å². The first-order chi connectivity index (χ1) is 8.73. The molecule has 1 amide bonds. The summed E-state index contributed by atoms with van der Waals surface area (Å²) in [6.45, 7) is 4.67. The molecule has 1 unspecified atom stereocenters. The van der Waals surface area contributed by atoms with Crippen molar-refractivity contribution in [2.24, 2.45) is 0 Å². The highest BCUT2D eigenvalue weighted by Gasteiger charge is 2.19. The predicted molar refractivity (Wildman–Crippen MR) is 70.0 cm³/mol. The number of ether oxygens (including phenoxy) is 1. The number of amides is 1. The third-order valence-electron chi connectivity index (χ3n) is 2.20. The molecule has 106 valence electrons. The predicted octanol–water partition coefficient (Wildman–Crippen LogP) is 1.76. The quantitative estimate of drug-likeness (QED) is 0.627. The molecule has 6 nitrogen and oxygen atoms in total. The van der Waals surface area contributed by atoms with E-state index in [4.69, 9.17) is 9.84 Å². The van der Waals surface area contributed by atoms with Gasteiger partial charge in [-0.1, -0.05) is 0 Å². The zero-order valence-electron chi connectivity index (χ0n) is 11.2. The summed E-state index contributed by atoms with van der Waals surface area (Å²) >= 11 is 0. The molecular weight excluding hydrogens is 250 g/mol. The Hall–Kier alpha value is -1.79. The third-order valence-corrected chi connectivity index (χ3v) is 2.20. The molecule has 6 heteroatoms. The average Bonchev–Trinajstić information content (AvgIpc) is 2.28. The van der Waals surface area contributed by atoms with Gasteiger partial charge in [0.1, 0.15) is 17.5 Å². The number of aliphatic hydroxyl groups excluding tert-OH is 2. The monoisotopic (exact) mass is 269 g/mol. The van der Waals surface area contributed by atoms with Crippen LogP contribution in [0.5, 0.6) is 5.75 Å². The van der Waals surface area contributed by atoms with Crippen molar-refractivity contribution in [3.8, 4) is 5.75 Å². The fraction of sp³-hybridized carbons (Fsp3) is 0.462. The lowest BCUT2D eigenvalue weighted by molar-refractivity contribution is 0.0634. The molecule has 4 N–H and O–H groups in total. The maximum atomic E-state index is 11.6. The number of hydrogen-bond acceptors (Lipinski definition) is 5. The smallest absolute Gasteiger partial charge is 0.412 e. The Morgan fingerprint density at radius 2 is 2.05 bits per heavy atom. The highest BCUT2D eigenvalue weighted by atomic mass is 16.6. The third kappa shape index (κ3) is 4.76. The lowest BCUT2D eigenvalue weighted by Gasteiger charge is -2.21. The number of carbonyl (C=O) groups excluding carboxylic acids is 1. The molecule has 19 heavy (non-hydrogen) atoms. The SMILES string of the molecule is CC(C)(C)OC(=O)Nc1ccc(O)cc1C(O)CO. The van der Waals surface area contributed by atoms with Crippen molar-refractivity contribution in [2.75, 3.05) is 11.9 Å². The van der Waals surface area contributed by atoms with E-state index in [1.54, 1.807) is 20.8 Å². The maximum Gasteiger partial charge on any atom is 0.412 e. The van der Waals surface area contributed by atoms with Gasteiger partial charge in [-0.05, 0) is 39.0 Å². The Morgan fingerprint density at radius 3 is 2.58 bits per heavy atom. The number of phenols is 1. The molecular formula is C13H19NO5. The Balaban J connectivity index is 2.91. The molecule has 1 rings (SSSR count). The summed E-state index contributed by atoms with van der Waals surface area (Å²) in [5, 5.41) is 30.4. The fourth-order valence-corrected chi connectivity index (χ4v) is 1.45. The number of carbonyl (C=O) groups is 1. The lowest BCUT2D eigenvalue weighted by Crippen LogP contribution is -2.27. The van der Waals surface area contributed by atoms with Crippen LogP contribution in [-0.2, 0) is 4.74 Å². The van der Waals surface area contributed by atoms with E-state index < -0.39 is 24.4 Å². The van der Waals surface area contributed by atoms with Crippen LogP contribution in [0, 0.1) is 0 Å². The van der Waals surface area contributed by atoms with Gasteiger partial charge in [-0.2, -0.15) is 0 Å². The minimum atomic E-state index is -1.20. The van der Waals surface area contributed by atoms with Gasteiger partial charge < -0.3 is 20.1 Å². The van der Waals surface area contributed by atoms with Crippen molar-refractivity contribution in [1.82, 2.24) is 0 Å². The summed E-state index contributed by atoms with van der Waals surface area (Å²) in [4.78, 5) is 11.6. The Bertz CT molecular complexity index is 453. The van der Waals surface area contributed by atoms with E-state index in [0.717, 1.165) is 0 Å². The lowest BCUT2D eigenvalue weighted by atomic mass is 10.1. The van der Waals surface area contributed by atoms with Crippen LogP contribution >= 0.6 is 0 Å². The van der Waals surface area contributed by atoms with E-state index in [0.29, 0.717) is 0 Å². The van der Waals surface area contributed by atoms with Crippen LogP contribution in [0.4, 0.5) is 10.5 Å². The molecule has 1 aromatic rings. The van der Waals surface area contributed by atoms with Gasteiger partial charge in [0.25, 0.3) is 0 Å². The zero-order chi connectivity index (χ0) is 14.6. The fourth-order valence-electron chi connectivity index (χ4n) is 1.45. The Kier molecular flexibility index (Phi) is 4.74. The molecule has 0 bridgehead atoms. The molecule has 0 fully saturated rings. The van der Waals surface area contributed by atoms with Crippen LogP contribution in [0.25, 0.3) is 0 Å². The molecule has 0 spiro atoms. The summed E-state index contributed by atoms with van der Waals surface area (Å²) in [6, 6.07) is 4.06. The van der Waals surface area contributed by atoms with Crippen LogP contribution in [0.3, 0.4) is 0 Å². The Morgan fingerprint density at radius 1 is 1.42 bits per heavy atom. The van der Waals surface area contributed by atoms with E-state index in [2.05, 4.69) is 5.32 Å². The second-order valence-corrected chi connectivity index (χ2v) is 5.10. The topological polar surface area (TPSA) is 99.0 Å². The van der Waals surface area contributed by atoms with Crippen LogP contribution in [-0.4, -0.2) is 33.6 Å². The van der Waals surface area contributed by atoms with Crippen molar-refractivity contribution in [2.45, 2.75) is 32.5 Å². The Labute approximate surface area is 111 Å². The molecule has 1 atom stereocenters. The number of aromatic hydroxyl groups is 1. The first kappa shape index (κ1) is 15.3. The molecule has 0 aromatic heterocycles. The number of nitrogens with one attached hydrogen (secondary N) is 1. The first-order valence-electron chi connectivity index (χ1n) is 5.85. The van der Waals surface area contributed by atoms with Gasteiger partial charge in [-0.15, -0.1) is 0 Å². The van der Waals surface area contributed by atoms with Gasteiger partial charge in [-0.3, -0.25) is 5.32 Å². The second kappa shape index (κ2) is 5.90. The number of anilines is 1. The van der Waals surface area contributed by atoms with Crippen LogP contribution in [0.15, 0.2) is 18.2 Å². The summed E-state index contributed by atoms with van der Waals surface area (Å²) in [5.74, 6) is -0.0720. The maximum absolute atomic E-state index is 11.6. The molecule has 0 aliphatic carbocycles. The highest BCUT2D eigenvalue weighted by Crippen LogP contribution is 2.27. The van der Waals surface area contributed by atoms with Crippen molar-refractivity contribution in [3.05, 3.63) is 23.8 Å². The van der Waals surface area contributed by atoms with Gasteiger partial charge in [0, 0.05) is 5.56 Å². The summed E-state index contributed by atoms with van der Waals surface area (Å²) in [5.41, 5.74) is -0.154. The molecule has 0 aliphatic heterocycles. The highest BCUT2D eigenvalue weighted by molar-refractivity contribution is 5.86. The number of hydrogen-bond donors (Lipinski definition) is 4. The average molecular weight is 269 g/mol.